The van der Waals surface area contributed by atoms with Crippen LogP contribution in [0.2, 0.25) is 0 Å². The molecule has 1 amide bonds. The predicted octanol–water partition coefficient (Wildman–Crippen LogP) is 4.24. The van der Waals surface area contributed by atoms with Crippen molar-refractivity contribution in [2.45, 2.75) is 30.7 Å². The first kappa shape index (κ1) is 21.0. The number of hydrogen-bond donors (Lipinski definition) is 0. The number of hydrogen-bond acceptors (Lipinski definition) is 6. The Hall–Kier alpha value is -3.87. The molecule has 2 heterocycles. The molecule has 1 saturated carbocycles. The Morgan fingerprint density at radius 2 is 1.82 bits per heavy atom. The standard InChI is InChI=1S/C26H24N2O5/c1-31-20-11-9-18(10-12-20)21-16-22(23-8-5-15-32-23)28(27-21)24(29)17-33-25(30)26(13-14-26)19-6-3-2-4-7-19/h2-12,15,22H,13-14,16-17H2,1H3/t22-/m0/s1. The highest BCUT2D eigenvalue weighted by Gasteiger charge is 2.53. The molecule has 2 aliphatic rings. The van der Waals surface area contributed by atoms with Crippen molar-refractivity contribution in [3.8, 4) is 5.75 Å². The Labute approximate surface area is 191 Å². The van der Waals surface area contributed by atoms with Crippen molar-refractivity contribution < 1.29 is 23.5 Å². The summed E-state index contributed by atoms with van der Waals surface area (Å²) in [6, 6.07) is 20.3. The lowest BCUT2D eigenvalue weighted by Gasteiger charge is -2.20. The minimum Gasteiger partial charge on any atom is -0.497 e. The van der Waals surface area contributed by atoms with Crippen molar-refractivity contribution in [3.05, 3.63) is 89.9 Å². The third-order valence-corrected chi connectivity index (χ3v) is 6.25. The summed E-state index contributed by atoms with van der Waals surface area (Å²) in [5, 5.41) is 5.94. The molecule has 1 fully saturated rings. The van der Waals surface area contributed by atoms with Crippen molar-refractivity contribution in [1.29, 1.82) is 0 Å². The zero-order chi connectivity index (χ0) is 22.8. The van der Waals surface area contributed by atoms with E-state index in [1.54, 1.807) is 19.4 Å². The second kappa shape index (κ2) is 8.58. The van der Waals surface area contributed by atoms with Crippen LogP contribution in [0.4, 0.5) is 0 Å². The first-order chi connectivity index (χ1) is 16.1. The molecule has 0 radical (unpaired) electrons. The minimum absolute atomic E-state index is 0.366. The number of amides is 1. The molecule has 2 aromatic carbocycles. The molecule has 1 aromatic heterocycles. The number of benzene rings is 2. The average molecular weight is 444 g/mol. The maximum atomic E-state index is 13.1. The summed E-state index contributed by atoms with van der Waals surface area (Å²) in [6.45, 7) is -0.371. The van der Waals surface area contributed by atoms with Crippen LogP contribution in [0.1, 0.15) is 42.2 Å². The first-order valence-corrected chi connectivity index (χ1v) is 10.9. The van der Waals surface area contributed by atoms with Crippen LogP contribution in [0.5, 0.6) is 5.75 Å². The molecule has 7 heteroatoms. The molecule has 0 unspecified atom stereocenters. The van der Waals surface area contributed by atoms with E-state index in [1.165, 1.54) is 5.01 Å². The Bertz CT molecular complexity index is 1170. The van der Waals surface area contributed by atoms with Crippen LogP contribution < -0.4 is 4.74 Å². The Kier molecular flexibility index (Phi) is 5.46. The molecule has 0 N–H and O–H groups in total. The lowest BCUT2D eigenvalue weighted by atomic mass is 9.96. The summed E-state index contributed by atoms with van der Waals surface area (Å²) in [5.74, 6) is 0.615. The topological polar surface area (TPSA) is 81.3 Å². The molecule has 3 aromatic rings. The van der Waals surface area contributed by atoms with E-state index in [1.807, 2.05) is 60.7 Å². The lowest BCUT2D eigenvalue weighted by Crippen LogP contribution is -2.33. The van der Waals surface area contributed by atoms with Gasteiger partial charge in [0.05, 0.1) is 24.5 Å². The summed E-state index contributed by atoms with van der Waals surface area (Å²) in [5.41, 5.74) is 1.93. The van der Waals surface area contributed by atoms with Gasteiger partial charge < -0.3 is 13.9 Å². The van der Waals surface area contributed by atoms with Crippen LogP contribution in [-0.4, -0.2) is 36.3 Å². The molecule has 5 rings (SSSR count). The molecular formula is C26H24N2O5. The number of furan rings is 1. The molecule has 1 aliphatic heterocycles. The second-order valence-electron chi connectivity index (χ2n) is 8.27. The van der Waals surface area contributed by atoms with E-state index in [0.29, 0.717) is 12.2 Å². The van der Waals surface area contributed by atoms with Gasteiger partial charge in [0.1, 0.15) is 17.6 Å². The number of rotatable bonds is 7. The SMILES string of the molecule is COc1ccc(C2=NN(C(=O)COC(=O)C3(c4ccccc4)CC3)[C@H](c3ccco3)C2)cc1. The van der Waals surface area contributed by atoms with E-state index < -0.39 is 17.4 Å². The predicted molar refractivity (Wildman–Crippen MR) is 121 cm³/mol. The third kappa shape index (κ3) is 4.02. The highest BCUT2D eigenvalue weighted by molar-refractivity contribution is 6.03. The normalized spacial score (nSPS) is 18.5. The van der Waals surface area contributed by atoms with Gasteiger partial charge in [-0.05, 0) is 60.4 Å². The van der Waals surface area contributed by atoms with Crippen molar-refractivity contribution >= 4 is 17.6 Å². The highest BCUT2D eigenvalue weighted by Crippen LogP contribution is 2.49. The summed E-state index contributed by atoms with van der Waals surface area (Å²) < 4.78 is 16.3. The smallest absolute Gasteiger partial charge is 0.317 e. The van der Waals surface area contributed by atoms with Crippen LogP contribution in [0.15, 0.2) is 82.5 Å². The van der Waals surface area contributed by atoms with Crippen LogP contribution in [0.25, 0.3) is 0 Å². The van der Waals surface area contributed by atoms with E-state index in [9.17, 15) is 9.59 Å². The Morgan fingerprint density at radius 3 is 2.45 bits per heavy atom. The maximum Gasteiger partial charge on any atom is 0.317 e. The highest BCUT2D eigenvalue weighted by atomic mass is 16.5. The second-order valence-corrected chi connectivity index (χ2v) is 8.27. The molecular weight excluding hydrogens is 420 g/mol. The quantitative estimate of drug-likeness (QED) is 0.509. The van der Waals surface area contributed by atoms with Crippen LogP contribution in [0, 0.1) is 0 Å². The zero-order valence-electron chi connectivity index (χ0n) is 18.3. The van der Waals surface area contributed by atoms with Crippen LogP contribution >= 0.6 is 0 Å². The molecule has 33 heavy (non-hydrogen) atoms. The van der Waals surface area contributed by atoms with E-state index >= 15 is 0 Å². The van der Waals surface area contributed by atoms with Crippen molar-refractivity contribution in [2.75, 3.05) is 13.7 Å². The van der Waals surface area contributed by atoms with Crippen LogP contribution in [-0.2, 0) is 19.7 Å². The molecule has 0 bridgehead atoms. The lowest BCUT2D eigenvalue weighted by molar-refractivity contribution is -0.155. The molecule has 0 saturated heterocycles. The number of nitrogens with zero attached hydrogens (tertiary/aromatic N) is 2. The third-order valence-electron chi connectivity index (χ3n) is 6.25. The number of carbonyl (C=O) groups is 2. The van der Waals surface area contributed by atoms with Gasteiger partial charge in [0.2, 0.25) is 0 Å². The summed E-state index contributed by atoms with van der Waals surface area (Å²) in [7, 11) is 1.61. The first-order valence-electron chi connectivity index (χ1n) is 10.9. The van der Waals surface area contributed by atoms with Crippen molar-refractivity contribution in [2.24, 2.45) is 5.10 Å². The van der Waals surface area contributed by atoms with Gasteiger partial charge in [-0.1, -0.05) is 30.3 Å². The van der Waals surface area contributed by atoms with Crippen molar-refractivity contribution in [1.82, 2.24) is 5.01 Å². The van der Waals surface area contributed by atoms with Gasteiger partial charge in [-0.15, -0.1) is 0 Å². The monoisotopic (exact) mass is 444 g/mol. The van der Waals surface area contributed by atoms with E-state index in [-0.39, 0.29) is 12.6 Å². The molecule has 7 nitrogen and oxygen atoms in total. The van der Waals surface area contributed by atoms with E-state index in [0.717, 1.165) is 35.4 Å². The fraction of sp³-hybridized carbons (Fsp3) is 0.269. The van der Waals surface area contributed by atoms with Gasteiger partial charge in [-0.3, -0.25) is 9.59 Å². The molecule has 1 aliphatic carbocycles. The minimum atomic E-state index is -0.634. The number of ether oxygens (including phenoxy) is 2. The summed E-state index contributed by atoms with van der Waals surface area (Å²) in [6.07, 6.45) is 3.51. The zero-order valence-corrected chi connectivity index (χ0v) is 18.3. The number of carbonyl (C=O) groups excluding carboxylic acids is 2. The molecule has 0 spiro atoms. The molecule has 168 valence electrons. The van der Waals surface area contributed by atoms with Gasteiger partial charge in [-0.25, -0.2) is 5.01 Å². The van der Waals surface area contributed by atoms with Gasteiger partial charge in [0.15, 0.2) is 6.61 Å². The maximum absolute atomic E-state index is 13.1. The number of methoxy groups -OCH3 is 1. The van der Waals surface area contributed by atoms with Gasteiger partial charge in [0.25, 0.3) is 5.91 Å². The van der Waals surface area contributed by atoms with E-state index in [4.69, 9.17) is 13.9 Å². The van der Waals surface area contributed by atoms with Crippen molar-refractivity contribution in [3.63, 3.8) is 0 Å². The van der Waals surface area contributed by atoms with E-state index in [2.05, 4.69) is 5.10 Å². The molecule has 1 atom stereocenters. The Morgan fingerprint density at radius 1 is 1.06 bits per heavy atom. The summed E-state index contributed by atoms with van der Waals surface area (Å²) >= 11 is 0. The number of esters is 1. The Balaban J connectivity index is 1.32. The fourth-order valence-corrected chi connectivity index (χ4v) is 4.23. The van der Waals surface area contributed by atoms with Gasteiger partial charge in [-0.2, -0.15) is 5.10 Å². The summed E-state index contributed by atoms with van der Waals surface area (Å²) in [4.78, 5) is 25.9. The van der Waals surface area contributed by atoms with Crippen LogP contribution in [0.3, 0.4) is 0 Å². The number of hydrazone groups is 1. The average Bonchev–Trinajstić information content (AvgIpc) is 3.28. The van der Waals surface area contributed by atoms with Gasteiger partial charge in [0, 0.05) is 6.42 Å². The van der Waals surface area contributed by atoms with Gasteiger partial charge >= 0.3 is 5.97 Å². The fourth-order valence-electron chi connectivity index (χ4n) is 4.23. The largest absolute Gasteiger partial charge is 0.497 e.